The number of rotatable bonds is 14. The number of unbranched alkanes of at least 4 members (excludes halogenated alkanes) is 5. The summed E-state index contributed by atoms with van der Waals surface area (Å²) in [5.74, 6) is -1.13. The maximum atomic E-state index is 15.3. The highest BCUT2D eigenvalue weighted by Crippen LogP contribution is 2.35. The summed E-state index contributed by atoms with van der Waals surface area (Å²) >= 11 is 0. The van der Waals surface area contributed by atoms with Gasteiger partial charge >= 0.3 is 0 Å². The molecule has 0 nitrogen and oxygen atoms in total. The quantitative estimate of drug-likeness (QED) is 0.136. The summed E-state index contributed by atoms with van der Waals surface area (Å²) in [5.41, 5.74) is 4.61. The molecule has 0 fully saturated rings. The molecule has 1 atom stereocenters. The van der Waals surface area contributed by atoms with E-state index >= 15 is 4.39 Å². The minimum absolute atomic E-state index is 0.219. The number of benzene rings is 3. The molecule has 1 aliphatic rings. The highest BCUT2D eigenvalue weighted by Gasteiger charge is 2.18. The summed E-state index contributed by atoms with van der Waals surface area (Å²) in [6.45, 7) is 4.30. The van der Waals surface area contributed by atoms with Crippen LogP contribution in [0.3, 0.4) is 0 Å². The number of halogens is 3. The third-order valence-corrected chi connectivity index (χ3v) is 8.48. The van der Waals surface area contributed by atoms with Gasteiger partial charge in [0.2, 0.25) is 0 Å². The van der Waals surface area contributed by atoms with E-state index in [0.717, 1.165) is 36.3 Å². The first-order valence-corrected chi connectivity index (χ1v) is 15.7. The molecule has 0 saturated heterocycles. The van der Waals surface area contributed by atoms with Crippen molar-refractivity contribution >= 4 is 5.57 Å². The summed E-state index contributed by atoms with van der Waals surface area (Å²) in [6, 6.07) is 15.8. The fourth-order valence-corrected chi connectivity index (χ4v) is 5.93. The predicted octanol–water partition coefficient (Wildman–Crippen LogP) is 12.3. The van der Waals surface area contributed by atoms with E-state index in [4.69, 9.17) is 0 Å². The van der Waals surface area contributed by atoms with E-state index in [1.807, 2.05) is 31.2 Å². The normalized spacial score (nSPS) is 15.4. The molecule has 0 N–H and O–H groups in total. The Morgan fingerprint density at radius 1 is 0.732 bits per heavy atom. The van der Waals surface area contributed by atoms with Gasteiger partial charge in [-0.1, -0.05) is 126 Å². The molecule has 1 unspecified atom stereocenters. The second kappa shape index (κ2) is 15.8. The summed E-state index contributed by atoms with van der Waals surface area (Å²) in [7, 11) is 0. The Labute approximate surface area is 245 Å². The van der Waals surface area contributed by atoms with Gasteiger partial charge in [-0.05, 0) is 78.3 Å². The van der Waals surface area contributed by atoms with Gasteiger partial charge in [0.25, 0.3) is 0 Å². The lowest BCUT2D eigenvalue weighted by Crippen LogP contribution is -2.05. The number of allylic oxidation sites excluding steroid dienone is 4. The molecular weight excluding hydrogens is 513 g/mol. The van der Waals surface area contributed by atoms with E-state index in [1.165, 1.54) is 56.9 Å². The van der Waals surface area contributed by atoms with Crippen LogP contribution in [0.5, 0.6) is 0 Å². The minimum atomic E-state index is -0.833. The Hall–Kier alpha value is -3.07. The lowest BCUT2D eigenvalue weighted by molar-refractivity contribution is 0.423. The van der Waals surface area contributed by atoms with Gasteiger partial charge in [0, 0.05) is 11.1 Å². The second-order valence-corrected chi connectivity index (χ2v) is 11.5. The number of hydrogen-bond acceptors (Lipinski definition) is 0. The maximum Gasteiger partial charge on any atom is 0.166 e. The third-order valence-electron chi connectivity index (χ3n) is 8.48. The first-order valence-electron chi connectivity index (χ1n) is 15.7. The van der Waals surface area contributed by atoms with Crippen molar-refractivity contribution in [3.8, 4) is 22.3 Å². The Morgan fingerprint density at radius 3 is 2.10 bits per heavy atom. The van der Waals surface area contributed by atoms with Crippen molar-refractivity contribution in [1.29, 1.82) is 0 Å². The predicted molar refractivity (Wildman–Crippen MR) is 168 cm³/mol. The topological polar surface area (TPSA) is 0 Å². The zero-order valence-corrected chi connectivity index (χ0v) is 24.8. The summed E-state index contributed by atoms with van der Waals surface area (Å²) < 4.78 is 44.9. The van der Waals surface area contributed by atoms with Crippen LogP contribution < -0.4 is 0 Å². The van der Waals surface area contributed by atoms with E-state index in [9.17, 15) is 8.78 Å². The molecule has 0 aliphatic heterocycles. The molecule has 0 saturated carbocycles. The van der Waals surface area contributed by atoms with Gasteiger partial charge in [-0.25, -0.2) is 13.2 Å². The maximum absolute atomic E-state index is 15.3. The fraction of sp³-hybridized carbons (Fsp3) is 0.421. The highest BCUT2D eigenvalue weighted by atomic mass is 19.2. The minimum Gasteiger partial charge on any atom is -0.206 e. The molecule has 3 aromatic carbocycles. The third kappa shape index (κ3) is 8.47. The monoisotopic (exact) mass is 558 g/mol. The molecule has 3 heteroatoms. The van der Waals surface area contributed by atoms with E-state index in [1.54, 1.807) is 42.5 Å². The van der Waals surface area contributed by atoms with Crippen molar-refractivity contribution in [2.45, 2.75) is 97.3 Å². The van der Waals surface area contributed by atoms with E-state index < -0.39 is 11.6 Å². The number of hydrogen-bond donors (Lipinski definition) is 0. The van der Waals surface area contributed by atoms with Crippen LogP contribution in [-0.4, -0.2) is 0 Å². The molecule has 0 heterocycles. The van der Waals surface area contributed by atoms with Gasteiger partial charge in [-0.2, -0.15) is 0 Å². The smallest absolute Gasteiger partial charge is 0.166 e. The standard InChI is InChI=1S/C38H45F3/c1-3-5-7-9-10-11-13-28-15-17-29(18-16-28)33-24-25-34(36(39)27-33)30-19-21-31(22-20-30)35-26-23-32(37(40)38(35)41)14-12-8-6-4-2/h6,8,17,19-28H,3-5,7,9-16,18H2,1-2H3/b8-6+. The molecule has 0 aromatic heterocycles. The first kappa shape index (κ1) is 30.9. The van der Waals surface area contributed by atoms with Crippen molar-refractivity contribution < 1.29 is 13.2 Å². The largest absolute Gasteiger partial charge is 0.206 e. The van der Waals surface area contributed by atoms with Gasteiger partial charge < -0.3 is 0 Å². The SMILES string of the molecule is CC/C=C/CCc1ccc(-c2ccc(-c3ccc(C4=CCC(CCCCCCCC)CC4)cc3F)cc2)c(F)c1F. The van der Waals surface area contributed by atoms with Crippen LogP contribution in [-0.2, 0) is 6.42 Å². The zero-order valence-electron chi connectivity index (χ0n) is 24.8. The van der Waals surface area contributed by atoms with Crippen LogP contribution in [0.4, 0.5) is 13.2 Å². The van der Waals surface area contributed by atoms with Gasteiger partial charge in [0.15, 0.2) is 11.6 Å². The van der Waals surface area contributed by atoms with Crippen LogP contribution >= 0.6 is 0 Å². The summed E-state index contributed by atoms with van der Waals surface area (Å²) in [5, 5.41) is 0. The van der Waals surface area contributed by atoms with E-state index in [-0.39, 0.29) is 11.4 Å². The van der Waals surface area contributed by atoms with Crippen LogP contribution in [0.1, 0.15) is 102 Å². The van der Waals surface area contributed by atoms with Crippen molar-refractivity contribution in [3.05, 3.63) is 101 Å². The molecule has 3 aromatic rings. The van der Waals surface area contributed by atoms with Crippen molar-refractivity contribution in [2.24, 2.45) is 5.92 Å². The average molecular weight is 559 g/mol. The van der Waals surface area contributed by atoms with Gasteiger partial charge in [0.1, 0.15) is 5.82 Å². The van der Waals surface area contributed by atoms with Crippen LogP contribution in [0.2, 0.25) is 0 Å². The summed E-state index contributed by atoms with van der Waals surface area (Å²) in [6.07, 6.45) is 21.0. The van der Waals surface area contributed by atoms with Gasteiger partial charge in [-0.3, -0.25) is 0 Å². The molecule has 41 heavy (non-hydrogen) atoms. The van der Waals surface area contributed by atoms with Crippen molar-refractivity contribution in [1.82, 2.24) is 0 Å². The van der Waals surface area contributed by atoms with Gasteiger partial charge in [-0.15, -0.1) is 0 Å². The Balaban J connectivity index is 1.37. The molecule has 0 radical (unpaired) electrons. The molecule has 0 spiro atoms. The first-order chi connectivity index (χ1) is 20.0. The van der Waals surface area contributed by atoms with E-state index in [2.05, 4.69) is 13.0 Å². The highest BCUT2D eigenvalue weighted by molar-refractivity contribution is 5.74. The van der Waals surface area contributed by atoms with Crippen LogP contribution in [0.25, 0.3) is 27.8 Å². The summed E-state index contributed by atoms with van der Waals surface area (Å²) in [4.78, 5) is 0. The van der Waals surface area contributed by atoms with Crippen LogP contribution in [0.15, 0.2) is 72.8 Å². The fourth-order valence-electron chi connectivity index (χ4n) is 5.93. The van der Waals surface area contributed by atoms with E-state index in [0.29, 0.717) is 29.5 Å². The lowest BCUT2D eigenvalue weighted by Gasteiger charge is -2.22. The second-order valence-electron chi connectivity index (χ2n) is 11.5. The Kier molecular flexibility index (Phi) is 11.9. The molecule has 1 aliphatic carbocycles. The molecule has 0 amide bonds. The van der Waals surface area contributed by atoms with Crippen LogP contribution in [0, 0.1) is 23.4 Å². The Morgan fingerprint density at radius 2 is 1.41 bits per heavy atom. The van der Waals surface area contributed by atoms with Gasteiger partial charge in [0.05, 0.1) is 0 Å². The van der Waals surface area contributed by atoms with Crippen molar-refractivity contribution in [2.75, 3.05) is 0 Å². The Bertz CT molecular complexity index is 1320. The molecular formula is C38H45F3. The van der Waals surface area contributed by atoms with Crippen molar-refractivity contribution in [3.63, 3.8) is 0 Å². The average Bonchev–Trinajstić information content (AvgIpc) is 3.00. The zero-order chi connectivity index (χ0) is 29.0. The number of aryl methyl sites for hydroxylation is 1. The molecule has 4 rings (SSSR count). The molecule has 0 bridgehead atoms. The lowest BCUT2D eigenvalue weighted by atomic mass is 9.83. The molecule has 218 valence electrons.